The monoisotopic (exact) mass is 235 g/mol. The Hall–Kier alpha value is -1.39. The van der Waals surface area contributed by atoms with E-state index >= 15 is 0 Å². The van der Waals surface area contributed by atoms with E-state index in [9.17, 15) is 9.90 Å². The average Bonchev–Trinajstić information content (AvgIpc) is 2.82. The number of ether oxygens (including phenoxy) is 1. The zero-order chi connectivity index (χ0) is 12.3. The number of nitrogens with one attached hydrogen (secondary N) is 1. The molecule has 0 fully saturated rings. The molecule has 4 nitrogen and oxygen atoms in total. The molecule has 1 aliphatic rings. The maximum Gasteiger partial charge on any atom is 0.251 e. The third kappa shape index (κ3) is 2.84. The van der Waals surface area contributed by atoms with Gasteiger partial charge in [0.2, 0.25) is 0 Å². The number of hydrogen-bond acceptors (Lipinski definition) is 3. The van der Waals surface area contributed by atoms with Crippen molar-refractivity contribution in [3.63, 3.8) is 0 Å². The van der Waals surface area contributed by atoms with Gasteiger partial charge in [-0.3, -0.25) is 4.79 Å². The van der Waals surface area contributed by atoms with Crippen molar-refractivity contribution in [2.24, 2.45) is 0 Å². The first-order chi connectivity index (χ1) is 8.20. The molecule has 2 N–H and O–H groups in total. The molecule has 0 saturated carbocycles. The number of rotatable bonds is 4. The fourth-order valence-electron chi connectivity index (χ4n) is 1.77. The van der Waals surface area contributed by atoms with Crippen molar-refractivity contribution in [3.8, 4) is 0 Å². The minimum Gasteiger partial charge on any atom is -0.391 e. The van der Waals surface area contributed by atoms with E-state index in [2.05, 4.69) is 5.32 Å². The molecule has 1 aromatic carbocycles. The molecule has 0 spiro atoms. The maximum absolute atomic E-state index is 11.8. The van der Waals surface area contributed by atoms with Crippen LogP contribution in [-0.4, -0.2) is 23.7 Å². The number of amides is 1. The summed E-state index contributed by atoms with van der Waals surface area (Å²) in [6.07, 6.45) is 0.162. The molecule has 0 bridgehead atoms. The minimum absolute atomic E-state index is 0.146. The lowest BCUT2D eigenvalue weighted by molar-refractivity contribution is 0.0913. The van der Waals surface area contributed by atoms with E-state index in [4.69, 9.17) is 4.74 Å². The molecule has 0 aliphatic carbocycles. The van der Waals surface area contributed by atoms with Crippen LogP contribution in [0.15, 0.2) is 18.2 Å². The van der Waals surface area contributed by atoms with E-state index in [1.807, 2.05) is 19.1 Å². The average molecular weight is 235 g/mol. The lowest BCUT2D eigenvalue weighted by Gasteiger charge is -2.10. The quantitative estimate of drug-likeness (QED) is 0.825. The Morgan fingerprint density at radius 3 is 3.00 bits per heavy atom. The molecular formula is C13H17NO3. The number of benzene rings is 1. The summed E-state index contributed by atoms with van der Waals surface area (Å²) in [5.74, 6) is -0.146. The highest BCUT2D eigenvalue weighted by Crippen LogP contribution is 2.20. The van der Waals surface area contributed by atoms with E-state index in [1.165, 1.54) is 0 Å². The second-order valence-electron chi connectivity index (χ2n) is 4.25. The summed E-state index contributed by atoms with van der Waals surface area (Å²) in [5.41, 5.74) is 2.85. The fraction of sp³-hybridized carbons (Fsp3) is 0.462. The van der Waals surface area contributed by atoms with Crippen LogP contribution >= 0.6 is 0 Å². The van der Waals surface area contributed by atoms with Crippen molar-refractivity contribution in [2.45, 2.75) is 32.7 Å². The third-order valence-corrected chi connectivity index (χ3v) is 2.95. The Morgan fingerprint density at radius 2 is 2.24 bits per heavy atom. The predicted molar refractivity (Wildman–Crippen MR) is 63.6 cm³/mol. The van der Waals surface area contributed by atoms with E-state index in [1.54, 1.807) is 6.07 Å². The summed E-state index contributed by atoms with van der Waals surface area (Å²) in [6, 6.07) is 5.57. The fourth-order valence-corrected chi connectivity index (χ4v) is 1.77. The second-order valence-corrected chi connectivity index (χ2v) is 4.25. The van der Waals surface area contributed by atoms with E-state index < -0.39 is 6.10 Å². The molecule has 1 atom stereocenters. The van der Waals surface area contributed by atoms with Crippen LogP contribution in [0.4, 0.5) is 0 Å². The molecule has 4 heteroatoms. The van der Waals surface area contributed by atoms with Crippen LogP contribution in [0.3, 0.4) is 0 Å². The van der Waals surface area contributed by atoms with Crippen LogP contribution < -0.4 is 5.32 Å². The van der Waals surface area contributed by atoms with Gasteiger partial charge in [0.15, 0.2) is 0 Å². The van der Waals surface area contributed by atoms with Crippen molar-refractivity contribution in [2.75, 3.05) is 6.54 Å². The maximum atomic E-state index is 11.8. The first-order valence-corrected chi connectivity index (χ1v) is 5.86. The van der Waals surface area contributed by atoms with Gasteiger partial charge in [-0.2, -0.15) is 0 Å². The van der Waals surface area contributed by atoms with Gasteiger partial charge in [0.05, 0.1) is 19.3 Å². The lowest BCUT2D eigenvalue weighted by atomic mass is 10.1. The highest BCUT2D eigenvalue weighted by atomic mass is 16.5. The van der Waals surface area contributed by atoms with Gasteiger partial charge in [0, 0.05) is 12.1 Å². The topological polar surface area (TPSA) is 58.6 Å². The Labute approximate surface area is 101 Å². The highest BCUT2D eigenvalue weighted by Gasteiger charge is 2.14. The molecule has 0 saturated heterocycles. The normalized spacial score (nSPS) is 15.4. The number of aliphatic hydroxyl groups excluding tert-OH is 1. The van der Waals surface area contributed by atoms with Crippen LogP contribution in [0.25, 0.3) is 0 Å². The van der Waals surface area contributed by atoms with Crippen LogP contribution in [0, 0.1) is 0 Å². The smallest absolute Gasteiger partial charge is 0.251 e. The standard InChI is InChI=1S/C13H17NO3/c1-2-12(15)6-14-13(16)9-3-4-10-7-17-8-11(10)5-9/h3-5,12,15H,2,6-8H2,1H3,(H,14,16). The molecular weight excluding hydrogens is 218 g/mol. The summed E-state index contributed by atoms with van der Waals surface area (Å²) >= 11 is 0. The van der Waals surface area contributed by atoms with Crippen LogP contribution in [0.5, 0.6) is 0 Å². The minimum atomic E-state index is -0.475. The number of hydrogen-bond donors (Lipinski definition) is 2. The summed E-state index contributed by atoms with van der Waals surface area (Å²) < 4.78 is 5.29. The van der Waals surface area contributed by atoms with E-state index in [0.29, 0.717) is 31.7 Å². The third-order valence-electron chi connectivity index (χ3n) is 2.95. The Bertz CT molecular complexity index is 417. The number of carbonyl (C=O) groups is 1. The van der Waals surface area contributed by atoms with Gasteiger partial charge in [-0.1, -0.05) is 13.0 Å². The zero-order valence-corrected chi connectivity index (χ0v) is 9.90. The Balaban J connectivity index is 2.00. The number of carbonyl (C=O) groups excluding carboxylic acids is 1. The van der Waals surface area contributed by atoms with Gasteiger partial charge >= 0.3 is 0 Å². The Kier molecular flexibility index (Phi) is 3.76. The van der Waals surface area contributed by atoms with Crippen molar-refractivity contribution in [3.05, 3.63) is 34.9 Å². The zero-order valence-electron chi connectivity index (χ0n) is 9.90. The molecule has 2 rings (SSSR count). The highest BCUT2D eigenvalue weighted by molar-refractivity contribution is 5.94. The van der Waals surface area contributed by atoms with Crippen molar-refractivity contribution < 1.29 is 14.6 Å². The van der Waals surface area contributed by atoms with Gasteiger partial charge in [-0.25, -0.2) is 0 Å². The number of aliphatic hydroxyl groups is 1. The summed E-state index contributed by atoms with van der Waals surface area (Å²) in [6.45, 7) is 3.38. The molecule has 17 heavy (non-hydrogen) atoms. The van der Waals surface area contributed by atoms with Crippen LogP contribution in [0.1, 0.15) is 34.8 Å². The van der Waals surface area contributed by atoms with Crippen LogP contribution in [-0.2, 0) is 18.0 Å². The largest absolute Gasteiger partial charge is 0.391 e. The molecule has 0 radical (unpaired) electrons. The molecule has 1 unspecified atom stereocenters. The molecule has 1 amide bonds. The summed E-state index contributed by atoms with van der Waals surface area (Å²) in [7, 11) is 0. The first kappa shape index (κ1) is 12.1. The SMILES string of the molecule is CCC(O)CNC(=O)c1ccc2c(c1)COC2. The summed E-state index contributed by atoms with van der Waals surface area (Å²) in [4.78, 5) is 11.8. The molecule has 1 heterocycles. The molecule has 1 aromatic rings. The van der Waals surface area contributed by atoms with Gasteiger partial charge in [-0.05, 0) is 29.7 Å². The summed E-state index contributed by atoms with van der Waals surface area (Å²) in [5, 5.41) is 12.1. The van der Waals surface area contributed by atoms with E-state index in [-0.39, 0.29) is 5.91 Å². The number of fused-ring (bicyclic) bond motifs is 1. The molecule has 0 aromatic heterocycles. The van der Waals surface area contributed by atoms with Gasteiger partial charge < -0.3 is 15.2 Å². The van der Waals surface area contributed by atoms with Gasteiger partial charge in [0.25, 0.3) is 5.91 Å². The van der Waals surface area contributed by atoms with Crippen molar-refractivity contribution in [1.29, 1.82) is 0 Å². The Morgan fingerprint density at radius 1 is 1.47 bits per heavy atom. The molecule has 92 valence electrons. The van der Waals surface area contributed by atoms with Crippen LogP contribution in [0.2, 0.25) is 0 Å². The van der Waals surface area contributed by atoms with Crippen molar-refractivity contribution >= 4 is 5.91 Å². The van der Waals surface area contributed by atoms with Gasteiger partial charge in [0.1, 0.15) is 0 Å². The second kappa shape index (κ2) is 5.29. The first-order valence-electron chi connectivity index (χ1n) is 5.86. The van der Waals surface area contributed by atoms with Gasteiger partial charge in [-0.15, -0.1) is 0 Å². The molecule has 1 aliphatic heterocycles. The van der Waals surface area contributed by atoms with E-state index in [0.717, 1.165) is 11.1 Å². The predicted octanol–water partition coefficient (Wildman–Crippen LogP) is 1.22. The lowest BCUT2D eigenvalue weighted by Crippen LogP contribution is -2.31. The van der Waals surface area contributed by atoms with Crippen molar-refractivity contribution in [1.82, 2.24) is 5.32 Å².